The zero-order valence-electron chi connectivity index (χ0n) is 50.9. The maximum absolute atomic E-state index is 13.2. The summed E-state index contributed by atoms with van der Waals surface area (Å²) in [5, 5.41) is 86.7. The van der Waals surface area contributed by atoms with Crippen molar-refractivity contribution in [1.29, 1.82) is 0 Å². The molecule has 0 spiro atoms. The summed E-state index contributed by atoms with van der Waals surface area (Å²) in [6.45, 7) is 2.60. The predicted octanol–water partition coefficient (Wildman–Crippen LogP) is 12.2. The lowest BCUT2D eigenvalue weighted by molar-refractivity contribution is -0.359. The summed E-state index contributed by atoms with van der Waals surface area (Å²) in [7, 11) is 0. The summed E-state index contributed by atoms with van der Waals surface area (Å²) in [5.41, 5.74) is 0. The zero-order valence-corrected chi connectivity index (χ0v) is 50.9. The van der Waals surface area contributed by atoms with E-state index in [4.69, 9.17) is 18.9 Å². The van der Waals surface area contributed by atoms with Gasteiger partial charge < -0.3 is 65.1 Å². The largest absolute Gasteiger partial charge is 0.394 e. The summed E-state index contributed by atoms with van der Waals surface area (Å²) < 4.78 is 22.7. The van der Waals surface area contributed by atoms with Crippen LogP contribution >= 0.6 is 0 Å². The van der Waals surface area contributed by atoms with E-state index in [0.717, 1.165) is 96.3 Å². The third-order valence-electron chi connectivity index (χ3n) is 15.3. The van der Waals surface area contributed by atoms with Gasteiger partial charge in [0.2, 0.25) is 5.91 Å². The van der Waals surface area contributed by atoms with E-state index in [-0.39, 0.29) is 18.9 Å². The Morgan fingerprint density at radius 3 is 1.29 bits per heavy atom. The van der Waals surface area contributed by atoms with Crippen LogP contribution in [0.15, 0.2) is 97.2 Å². The molecule has 9 N–H and O–H groups in total. The summed E-state index contributed by atoms with van der Waals surface area (Å²) in [6, 6.07) is -0.914. The highest BCUT2D eigenvalue weighted by Gasteiger charge is 2.51. The second-order valence-corrected chi connectivity index (χ2v) is 22.5. The van der Waals surface area contributed by atoms with Crippen LogP contribution in [0.1, 0.15) is 232 Å². The van der Waals surface area contributed by atoms with E-state index in [1.54, 1.807) is 6.08 Å². The van der Waals surface area contributed by atoms with Crippen LogP contribution in [-0.2, 0) is 23.7 Å². The molecule has 472 valence electrons. The lowest BCUT2D eigenvalue weighted by Gasteiger charge is -2.46. The van der Waals surface area contributed by atoms with Gasteiger partial charge in [0.1, 0.15) is 48.8 Å². The molecule has 14 nitrogen and oxygen atoms in total. The number of rotatable bonds is 51. The Hall–Kier alpha value is -3.09. The highest BCUT2D eigenvalue weighted by molar-refractivity contribution is 5.76. The van der Waals surface area contributed by atoms with Crippen molar-refractivity contribution in [2.24, 2.45) is 0 Å². The standard InChI is InChI=1S/C68H117NO13/c1-3-5-7-9-11-12-13-14-15-16-17-18-19-20-21-22-23-24-25-26-27-28-29-30-31-32-33-34-35-36-37-38-39-40-41-42-43-44-46-48-50-52-60(73)69-56(57(72)51-49-47-45-10-8-6-4-2)55-79-67-65(78)63(76)66(59(54-71)81-67)82-68-64(77)62(75)61(74)58(53-70)80-68/h5,7,11-12,14-15,17-18,20-21,23-24,26-27,49,51,56-59,61-68,70-72,74-78H,3-4,6,8-10,13,16,19,22,25,28-48,50,52-55H2,1-2H3,(H,69,73)/b7-5-,12-11-,15-14-,18-17-,21-20-,24-23-,27-26-,51-49+. The van der Waals surface area contributed by atoms with Crippen LogP contribution in [0.25, 0.3) is 0 Å². The lowest BCUT2D eigenvalue weighted by Crippen LogP contribution is -2.65. The molecule has 2 saturated heterocycles. The zero-order chi connectivity index (χ0) is 59.5. The molecule has 1 amide bonds. The van der Waals surface area contributed by atoms with Gasteiger partial charge in [-0.15, -0.1) is 0 Å². The second-order valence-electron chi connectivity index (χ2n) is 22.5. The first kappa shape index (κ1) is 75.0. The summed E-state index contributed by atoms with van der Waals surface area (Å²) in [6.07, 6.45) is 56.7. The van der Waals surface area contributed by atoms with Crippen molar-refractivity contribution in [3.05, 3.63) is 97.2 Å². The first-order chi connectivity index (χ1) is 40.1. The topological polar surface area (TPSA) is 228 Å². The van der Waals surface area contributed by atoms with Crippen LogP contribution in [-0.4, -0.2) is 140 Å². The van der Waals surface area contributed by atoms with Gasteiger partial charge >= 0.3 is 0 Å². The Bertz CT molecular complexity index is 1740. The third kappa shape index (κ3) is 36.7. The lowest BCUT2D eigenvalue weighted by atomic mass is 9.97. The smallest absolute Gasteiger partial charge is 0.220 e. The molecule has 0 radical (unpaired) electrons. The summed E-state index contributed by atoms with van der Waals surface area (Å²) in [4.78, 5) is 13.2. The Kier molecular flexibility index (Phi) is 47.8. The Balaban J connectivity index is 1.50. The number of carbonyl (C=O) groups is 1. The molecule has 12 atom stereocenters. The fraction of sp³-hybridized carbons (Fsp3) is 0.750. The number of unbranched alkanes of at least 4 members (excludes halogenated alkanes) is 24. The molecule has 0 bridgehead atoms. The van der Waals surface area contributed by atoms with E-state index in [9.17, 15) is 45.6 Å². The molecule has 0 aliphatic carbocycles. The molecule has 2 rings (SSSR count). The minimum absolute atomic E-state index is 0.245. The van der Waals surface area contributed by atoms with E-state index in [1.807, 2.05) is 6.08 Å². The highest BCUT2D eigenvalue weighted by atomic mass is 16.7. The molecule has 82 heavy (non-hydrogen) atoms. The van der Waals surface area contributed by atoms with Gasteiger partial charge in [-0.3, -0.25) is 4.79 Å². The Labute approximate surface area is 496 Å². The van der Waals surface area contributed by atoms with E-state index >= 15 is 0 Å². The van der Waals surface area contributed by atoms with Crippen LogP contribution in [0, 0.1) is 0 Å². The Morgan fingerprint density at radius 2 is 0.841 bits per heavy atom. The molecule has 2 heterocycles. The number of hydrogen-bond acceptors (Lipinski definition) is 13. The van der Waals surface area contributed by atoms with Crippen molar-refractivity contribution >= 4 is 5.91 Å². The van der Waals surface area contributed by atoms with Gasteiger partial charge in [-0.2, -0.15) is 0 Å². The molecule has 12 unspecified atom stereocenters. The van der Waals surface area contributed by atoms with Gasteiger partial charge in [0.25, 0.3) is 0 Å². The molecule has 2 fully saturated rings. The highest BCUT2D eigenvalue weighted by Crippen LogP contribution is 2.30. The molecular formula is C68H117NO13. The van der Waals surface area contributed by atoms with Crippen molar-refractivity contribution in [3.8, 4) is 0 Å². The normalized spacial score (nSPS) is 24.6. The third-order valence-corrected chi connectivity index (χ3v) is 15.3. The van der Waals surface area contributed by atoms with Crippen LogP contribution in [0.5, 0.6) is 0 Å². The van der Waals surface area contributed by atoms with E-state index in [0.29, 0.717) is 6.42 Å². The average molecular weight is 1160 g/mol. The molecule has 0 aromatic carbocycles. The van der Waals surface area contributed by atoms with Gasteiger partial charge in [-0.05, 0) is 77.0 Å². The van der Waals surface area contributed by atoms with Gasteiger partial charge in [-0.1, -0.05) is 246 Å². The molecule has 2 aliphatic heterocycles. The number of allylic oxidation sites excluding steroid dienone is 15. The van der Waals surface area contributed by atoms with Gasteiger partial charge in [0, 0.05) is 6.42 Å². The molecule has 14 heteroatoms. The first-order valence-corrected chi connectivity index (χ1v) is 32.5. The van der Waals surface area contributed by atoms with Crippen LogP contribution < -0.4 is 5.32 Å². The van der Waals surface area contributed by atoms with Crippen LogP contribution in [0.3, 0.4) is 0 Å². The van der Waals surface area contributed by atoms with E-state index in [2.05, 4.69) is 104 Å². The first-order valence-electron chi connectivity index (χ1n) is 32.5. The number of aliphatic hydroxyl groups excluding tert-OH is 8. The number of hydrogen-bond donors (Lipinski definition) is 9. The van der Waals surface area contributed by atoms with Crippen molar-refractivity contribution in [2.75, 3.05) is 19.8 Å². The van der Waals surface area contributed by atoms with Crippen molar-refractivity contribution in [2.45, 2.75) is 306 Å². The second kappa shape index (κ2) is 52.3. The SMILES string of the molecule is CC/C=C\C/C=C\C/C=C\C/C=C\C/C=C\C/C=C\C/C=C\CCCCCCCCCCCCCCCCCCCCCC(=O)NC(COC1OC(CO)C(OC2OC(CO)C(O)C(O)C2O)C(O)C1O)C(O)/C=C/CCCCCCC. The maximum Gasteiger partial charge on any atom is 0.220 e. The molecule has 0 saturated carbocycles. The minimum atomic E-state index is -1.79. The molecule has 2 aliphatic rings. The quantitative estimate of drug-likeness (QED) is 0.0204. The fourth-order valence-electron chi connectivity index (χ4n) is 10.1. The number of carbonyl (C=O) groups excluding carboxylic acids is 1. The summed E-state index contributed by atoms with van der Waals surface area (Å²) in [5.74, 6) is -0.245. The predicted molar refractivity (Wildman–Crippen MR) is 332 cm³/mol. The Morgan fingerprint density at radius 1 is 0.451 bits per heavy atom. The molecular weight excluding hydrogens is 1040 g/mol. The molecule has 0 aromatic heterocycles. The van der Waals surface area contributed by atoms with Crippen LogP contribution in [0.4, 0.5) is 0 Å². The van der Waals surface area contributed by atoms with Crippen molar-refractivity contribution in [1.82, 2.24) is 5.32 Å². The van der Waals surface area contributed by atoms with Crippen LogP contribution in [0.2, 0.25) is 0 Å². The monoisotopic (exact) mass is 1160 g/mol. The number of amides is 1. The van der Waals surface area contributed by atoms with Gasteiger partial charge in [0.15, 0.2) is 12.6 Å². The fourth-order valence-corrected chi connectivity index (χ4v) is 10.1. The minimum Gasteiger partial charge on any atom is -0.394 e. The maximum atomic E-state index is 13.2. The number of aliphatic hydroxyl groups is 8. The average Bonchev–Trinajstić information content (AvgIpc) is 3.65. The van der Waals surface area contributed by atoms with Crippen molar-refractivity contribution in [3.63, 3.8) is 0 Å². The van der Waals surface area contributed by atoms with E-state index < -0.39 is 86.8 Å². The summed E-state index contributed by atoms with van der Waals surface area (Å²) >= 11 is 0. The van der Waals surface area contributed by atoms with E-state index in [1.165, 1.54) is 109 Å². The molecule has 0 aromatic rings. The van der Waals surface area contributed by atoms with Gasteiger partial charge in [-0.25, -0.2) is 0 Å². The van der Waals surface area contributed by atoms with Crippen molar-refractivity contribution < 1.29 is 64.6 Å². The number of ether oxygens (including phenoxy) is 4. The van der Waals surface area contributed by atoms with Gasteiger partial charge in [0.05, 0.1) is 32.0 Å². The number of nitrogens with one attached hydrogen (secondary N) is 1.